The van der Waals surface area contributed by atoms with Crippen LogP contribution in [-0.4, -0.2) is 17.7 Å². The average Bonchev–Trinajstić information content (AvgIpc) is 2.37. The summed E-state index contributed by atoms with van der Waals surface area (Å²) in [5, 5.41) is 10.9. The van der Waals surface area contributed by atoms with Gasteiger partial charge in [0.1, 0.15) is 0 Å². The lowest BCUT2D eigenvalue weighted by atomic mass is 9.88. The van der Waals surface area contributed by atoms with Crippen LogP contribution in [0.1, 0.15) is 42.1 Å². The van der Waals surface area contributed by atoms with Gasteiger partial charge in [0.15, 0.2) is 0 Å². The third-order valence-corrected chi connectivity index (χ3v) is 4.01. The fourth-order valence-electron chi connectivity index (χ4n) is 2.58. The van der Waals surface area contributed by atoms with Crippen LogP contribution < -0.4 is 11.5 Å². The highest BCUT2D eigenvalue weighted by molar-refractivity contribution is 6.31. The van der Waals surface area contributed by atoms with Crippen LogP contribution in [0.25, 0.3) is 0 Å². The maximum absolute atomic E-state index is 10.2. The molecule has 100 valence electrons. The van der Waals surface area contributed by atoms with Gasteiger partial charge in [-0.3, -0.25) is 0 Å². The molecule has 0 amide bonds. The molecule has 0 saturated carbocycles. The zero-order valence-electron chi connectivity index (χ0n) is 10.5. The van der Waals surface area contributed by atoms with Crippen molar-refractivity contribution in [3.63, 3.8) is 0 Å². The van der Waals surface area contributed by atoms with Crippen LogP contribution in [0.15, 0.2) is 12.1 Å². The van der Waals surface area contributed by atoms with Gasteiger partial charge in [-0.25, -0.2) is 0 Å². The second-order valence-electron chi connectivity index (χ2n) is 5.04. The van der Waals surface area contributed by atoms with Crippen molar-refractivity contribution in [2.24, 2.45) is 11.5 Å². The van der Waals surface area contributed by atoms with E-state index in [4.69, 9.17) is 23.1 Å². The topological polar surface area (TPSA) is 72.3 Å². The fourth-order valence-corrected chi connectivity index (χ4v) is 2.88. The Morgan fingerprint density at radius 3 is 2.44 bits per heavy atom. The summed E-state index contributed by atoms with van der Waals surface area (Å²) in [5.41, 5.74) is 14.8. The van der Waals surface area contributed by atoms with Gasteiger partial charge < -0.3 is 16.6 Å². The highest BCUT2D eigenvalue weighted by Crippen LogP contribution is 2.32. The first-order chi connectivity index (χ1) is 8.63. The molecule has 1 aromatic carbocycles. The van der Waals surface area contributed by atoms with E-state index in [9.17, 15) is 5.11 Å². The molecule has 2 atom stereocenters. The van der Waals surface area contributed by atoms with Crippen LogP contribution in [0.2, 0.25) is 5.02 Å². The number of aliphatic hydroxyl groups is 1. The Labute approximate surface area is 113 Å². The van der Waals surface area contributed by atoms with Crippen LogP contribution in [0, 0.1) is 0 Å². The first kappa shape index (κ1) is 13.8. The third kappa shape index (κ3) is 2.86. The zero-order valence-corrected chi connectivity index (χ0v) is 11.3. The number of nitrogens with two attached hydrogens (primary N) is 2. The average molecular weight is 269 g/mol. The van der Waals surface area contributed by atoms with E-state index in [0.29, 0.717) is 18.0 Å². The Morgan fingerprint density at radius 2 is 1.83 bits per heavy atom. The Balaban J connectivity index is 2.27. The molecule has 0 bridgehead atoms. The van der Waals surface area contributed by atoms with Crippen molar-refractivity contribution in [1.29, 1.82) is 0 Å². The molecule has 4 heteroatoms. The summed E-state index contributed by atoms with van der Waals surface area (Å²) in [6.45, 7) is 0.473. The van der Waals surface area contributed by atoms with Crippen molar-refractivity contribution in [3.05, 3.63) is 33.8 Å². The Hall–Kier alpha value is -0.610. The van der Waals surface area contributed by atoms with Gasteiger partial charge in [-0.15, -0.1) is 0 Å². The summed E-state index contributed by atoms with van der Waals surface area (Å²) >= 11 is 6.25. The number of benzene rings is 1. The molecule has 1 aromatic rings. The molecule has 0 fully saturated rings. The minimum Gasteiger partial charge on any atom is -0.387 e. The quantitative estimate of drug-likeness (QED) is 0.781. The van der Waals surface area contributed by atoms with Crippen molar-refractivity contribution in [2.45, 2.75) is 44.2 Å². The summed E-state index contributed by atoms with van der Waals surface area (Å²) in [6.07, 6.45) is 4.44. The number of hydrogen-bond acceptors (Lipinski definition) is 3. The van der Waals surface area contributed by atoms with Crippen LogP contribution in [-0.2, 0) is 12.8 Å². The summed E-state index contributed by atoms with van der Waals surface area (Å²) in [6, 6.07) is 3.66. The van der Waals surface area contributed by atoms with Gasteiger partial charge in [-0.2, -0.15) is 0 Å². The summed E-state index contributed by atoms with van der Waals surface area (Å²) in [5.74, 6) is 0. The predicted molar refractivity (Wildman–Crippen MR) is 74.7 cm³/mol. The maximum atomic E-state index is 10.2. The van der Waals surface area contributed by atoms with E-state index in [1.54, 1.807) is 0 Å². The first-order valence-electron chi connectivity index (χ1n) is 6.58. The molecule has 0 radical (unpaired) electrons. The van der Waals surface area contributed by atoms with E-state index in [-0.39, 0.29) is 6.04 Å². The van der Waals surface area contributed by atoms with E-state index in [1.807, 2.05) is 12.1 Å². The number of hydrogen-bond donors (Lipinski definition) is 3. The summed E-state index contributed by atoms with van der Waals surface area (Å²) < 4.78 is 0. The predicted octanol–water partition coefficient (Wildman–Crippen LogP) is 1.93. The van der Waals surface area contributed by atoms with E-state index in [2.05, 4.69) is 0 Å². The van der Waals surface area contributed by atoms with Crippen molar-refractivity contribution < 1.29 is 5.11 Å². The minimum atomic E-state index is -0.728. The summed E-state index contributed by atoms with van der Waals surface area (Å²) in [7, 11) is 0. The fraction of sp³-hybridized carbons (Fsp3) is 0.571. The molecule has 0 saturated heterocycles. The Morgan fingerprint density at radius 1 is 1.22 bits per heavy atom. The second kappa shape index (κ2) is 6.02. The lowest BCUT2D eigenvalue weighted by Gasteiger charge is -2.23. The molecule has 0 heterocycles. The molecular weight excluding hydrogens is 248 g/mol. The van der Waals surface area contributed by atoms with E-state index >= 15 is 0 Å². The van der Waals surface area contributed by atoms with Gasteiger partial charge in [0.2, 0.25) is 0 Å². The highest BCUT2D eigenvalue weighted by atomic mass is 35.5. The van der Waals surface area contributed by atoms with Gasteiger partial charge in [-0.05, 0) is 55.8 Å². The number of rotatable bonds is 4. The maximum Gasteiger partial charge on any atom is 0.0955 e. The normalized spacial score (nSPS) is 18.2. The molecular formula is C14H21ClN2O. The Kier molecular flexibility index (Phi) is 4.62. The molecule has 1 aliphatic carbocycles. The van der Waals surface area contributed by atoms with Crippen LogP contribution in [0.3, 0.4) is 0 Å². The second-order valence-corrected chi connectivity index (χ2v) is 5.44. The molecule has 3 nitrogen and oxygen atoms in total. The van der Waals surface area contributed by atoms with Crippen molar-refractivity contribution in [1.82, 2.24) is 0 Å². The van der Waals surface area contributed by atoms with E-state index < -0.39 is 6.10 Å². The highest BCUT2D eigenvalue weighted by Gasteiger charge is 2.21. The first-order valence-corrected chi connectivity index (χ1v) is 6.96. The smallest absolute Gasteiger partial charge is 0.0955 e. The van der Waals surface area contributed by atoms with Gasteiger partial charge in [0, 0.05) is 16.6 Å². The molecule has 5 N–H and O–H groups in total. The molecule has 0 aromatic heterocycles. The molecule has 0 spiro atoms. The van der Waals surface area contributed by atoms with Crippen LogP contribution in [0.5, 0.6) is 0 Å². The van der Waals surface area contributed by atoms with Crippen molar-refractivity contribution >= 4 is 11.6 Å². The van der Waals surface area contributed by atoms with E-state index in [0.717, 1.165) is 18.4 Å². The molecule has 18 heavy (non-hydrogen) atoms. The Bertz CT molecular complexity index is 423. The van der Waals surface area contributed by atoms with Crippen molar-refractivity contribution in [2.75, 3.05) is 6.54 Å². The van der Waals surface area contributed by atoms with Crippen molar-refractivity contribution in [3.8, 4) is 0 Å². The van der Waals surface area contributed by atoms with Crippen LogP contribution >= 0.6 is 11.6 Å². The van der Waals surface area contributed by atoms with Gasteiger partial charge >= 0.3 is 0 Å². The summed E-state index contributed by atoms with van der Waals surface area (Å²) in [4.78, 5) is 0. The van der Waals surface area contributed by atoms with Gasteiger partial charge in [0.05, 0.1) is 6.10 Å². The monoisotopic (exact) mass is 268 g/mol. The molecule has 0 aliphatic heterocycles. The SMILES string of the molecule is NCCC(N)C(O)c1cc2c(cc1Cl)CCCC2. The van der Waals surface area contributed by atoms with Gasteiger partial charge in [0.25, 0.3) is 0 Å². The number of fused-ring (bicyclic) bond motifs is 1. The lowest BCUT2D eigenvalue weighted by Crippen LogP contribution is -2.31. The molecule has 1 aliphatic rings. The zero-order chi connectivity index (χ0) is 13.1. The lowest BCUT2D eigenvalue weighted by molar-refractivity contribution is 0.143. The minimum absolute atomic E-state index is 0.353. The molecule has 2 unspecified atom stereocenters. The van der Waals surface area contributed by atoms with Gasteiger partial charge in [-0.1, -0.05) is 17.7 Å². The third-order valence-electron chi connectivity index (χ3n) is 3.69. The largest absolute Gasteiger partial charge is 0.387 e. The van der Waals surface area contributed by atoms with Crippen LogP contribution in [0.4, 0.5) is 0 Å². The van der Waals surface area contributed by atoms with E-state index in [1.165, 1.54) is 24.0 Å². The number of aryl methyl sites for hydroxylation is 2. The number of aliphatic hydroxyl groups excluding tert-OH is 1. The standard InChI is InChI=1S/C14H21ClN2O/c15-12-8-10-4-2-1-3-9(10)7-11(12)14(18)13(17)5-6-16/h7-8,13-14,18H,1-6,16-17H2. The molecule has 2 rings (SSSR count). The number of halogens is 1.